The molecule has 0 atom stereocenters. The fourth-order valence-electron chi connectivity index (χ4n) is 1.86. The summed E-state index contributed by atoms with van der Waals surface area (Å²) in [6.07, 6.45) is -0.621. The Morgan fingerprint density at radius 1 is 1.12 bits per heavy atom. The van der Waals surface area contributed by atoms with Gasteiger partial charge in [-0.15, -0.1) is 0 Å². The van der Waals surface area contributed by atoms with E-state index in [1.54, 1.807) is 32.0 Å². The number of para-hydroxylation sites is 1. The second-order valence-corrected chi connectivity index (χ2v) is 5.64. The van der Waals surface area contributed by atoms with Gasteiger partial charge in [0.05, 0.1) is 17.7 Å². The van der Waals surface area contributed by atoms with Crippen LogP contribution in [-0.4, -0.2) is 25.3 Å². The fraction of sp³-hybridized carbons (Fsp3) is 0.278. The molecule has 0 unspecified atom stereocenters. The number of carbonyl (C=O) groups excluding carboxylic acids is 1. The fourth-order valence-corrected chi connectivity index (χ4v) is 2.08. The molecule has 1 N–H and O–H groups in total. The average Bonchev–Trinajstić information content (AvgIpc) is 2.53. The monoisotopic (exact) mass is 349 g/mol. The first kappa shape index (κ1) is 17.9. The molecule has 0 saturated carbocycles. The molecule has 5 nitrogen and oxygen atoms in total. The van der Waals surface area contributed by atoms with Gasteiger partial charge < -0.3 is 19.5 Å². The SMILES string of the molecule is CC(C)OC(=O)NCCOc1ccc(Oc2ccccc2)cc1Cl. The van der Waals surface area contributed by atoms with Crippen molar-refractivity contribution < 1.29 is 19.0 Å². The number of rotatable bonds is 7. The molecule has 0 heterocycles. The van der Waals surface area contributed by atoms with Gasteiger partial charge in [0.1, 0.15) is 23.9 Å². The van der Waals surface area contributed by atoms with Crippen LogP contribution in [-0.2, 0) is 4.74 Å². The van der Waals surface area contributed by atoms with E-state index in [9.17, 15) is 4.79 Å². The maximum absolute atomic E-state index is 11.3. The number of benzene rings is 2. The van der Waals surface area contributed by atoms with Crippen molar-refractivity contribution in [1.29, 1.82) is 0 Å². The van der Waals surface area contributed by atoms with Crippen molar-refractivity contribution in [3.8, 4) is 17.2 Å². The molecule has 0 saturated heterocycles. The van der Waals surface area contributed by atoms with Gasteiger partial charge >= 0.3 is 6.09 Å². The third-order valence-corrected chi connectivity index (χ3v) is 3.15. The van der Waals surface area contributed by atoms with Crippen molar-refractivity contribution in [2.24, 2.45) is 0 Å². The molecule has 2 aromatic carbocycles. The summed E-state index contributed by atoms with van der Waals surface area (Å²) < 4.78 is 16.2. The third-order valence-electron chi connectivity index (χ3n) is 2.85. The minimum Gasteiger partial charge on any atom is -0.490 e. The molecule has 24 heavy (non-hydrogen) atoms. The topological polar surface area (TPSA) is 56.8 Å². The van der Waals surface area contributed by atoms with Crippen molar-refractivity contribution in [2.45, 2.75) is 20.0 Å². The molecule has 0 radical (unpaired) electrons. The van der Waals surface area contributed by atoms with Crippen LogP contribution < -0.4 is 14.8 Å². The van der Waals surface area contributed by atoms with E-state index in [0.29, 0.717) is 23.1 Å². The van der Waals surface area contributed by atoms with Crippen LogP contribution in [0.3, 0.4) is 0 Å². The normalized spacial score (nSPS) is 10.3. The number of hydrogen-bond acceptors (Lipinski definition) is 4. The van der Waals surface area contributed by atoms with Crippen LogP contribution in [0.15, 0.2) is 48.5 Å². The quantitative estimate of drug-likeness (QED) is 0.739. The Morgan fingerprint density at radius 3 is 2.54 bits per heavy atom. The lowest BCUT2D eigenvalue weighted by molar-refractivity contribution is 0.114. The highest BCUT2D eigenvalue weighted by atomic mass is 35.5. The molecule has 0 bridgehead atoms. The van der Waals surface area contributed by atoms with Gasteiger partial charge in [-0.2, -0.15) is 0 Å². The van der Waals surface area contributed by atoms with Crippen LogP contribution in [0.25, 0.3) is 0 Å². The van der Waals surface area contributed by atoms with E-state index in [1.807, 2.05) is 30.3 Å². The molecule has 0 aromatic heterocycles. The van der Waals surface area contributed by atoms with Crippen molar-refractivity contribution >= 4 is 17.7 Å². The molecule has 128 valence electrons. The van der Waals surface area contributed by atoms with Crippen LogP contribution >= 0.6 is 11.6 Å². The molecular formula is C18H20ClNO4. The summed E-state index contributed by atoms with van der Waals surface area (Å²) in [7, 11) is 0. The summed E-state index contributed by atoms with van der Waals surface area (Å²) >= 11 is 6.19. The number of carbonyl (C=O) groups is 1. The summed E-state index contributed by atoms with van der Waals surface area (Å²) in [4.78, 5) is 11.3. The highest BCUT2D eigenvalue weighted by Gasteiger charge is 2.07. The molecule has 2 aromatic rings. The van der Waals surface area contributed by atoms with Crippen LogP contribution in [0.2, 0.25) is 5.02 Å². The Labute approximate surface area is 146 Å². The lowest BCUT2D eigenvalue weighted by atomic mass is 10.3. The zero-order chi connectivity index (χ0) is 17.4. The van der Waals surface area contributed by atoms with Crippen LogP contribution in [0.1, 0.15) is 13.8 Å². The number of ether oxygens (including phenoxy) is 3. The van der Waals surface area contributed by atoms with Crippen molar-refractivity contribution in [3.05, 3.63) is 53.6 Å². The standard InChI is InChI=1S/C18H20ClNO4/c1-13(2)23-18(21)20-10-11-22-17-9-8-15(12-16(17)19)24-14-6-4-3-5-7-14/h3-9,12-13H,10-11H2,1-2H3,(H,20,21). The van der Waals surface area contributed by atoms with Gasteiger partial charge in [-0.1, -0.05) is 29.8 Å². The Morgan fingerprint density at radius 2 is 1.88 bits per heavy atom. The van der Waals surface area contributed by atoms with Crippen molar-refractivity contribution in [1.82, 2.24) is 5.32 Å². The maximum atomic E-state index is 11.3. The zero-order valence-corrected chi connectivity index (χ0v) is 14.4. The molecule has 0 aliphatic carbocycles. The highest BCUT2D eigenvalue weighted by Crippen LogP contribution is 2.31. The van der Waals surface area contributed by atoms with Crippen LogP contribution in [0.4, 0.5) is 4.79 Å². The Kier molecular flexibility index (Phi) is 6.75. The zero-order valence-electron chi connectivity index (χ0n) is 13.6. The number of nitrogens with one attached hydrogen (secondary N) is 1. The maximum Gasteiger partial charge on any atom is 0.407 e. The van der Waals surface area contributed by atoms with Crippen molar-refractivity contribution in [3.63, 3.8) is 0 Å². The second-order valence-electron chi connectivity index (χ2n) is 5.24. The second kappa shape index (κ2) is 9.03. The summed E-state index contributed by atoms with van der Waals surface area (Å²) in [5, 5.41) is 3.03. The third kappa shape index (κ3) is 6.01. The largest absolute Gasteiger partial charge is 0.490 e. The van der Waals surface area contributed by atoms with E-state index in [0.717, 1.165) is 5.75 Å². The minimum atomic E-state index is -0.466. The van der Waals surface area contributed by atoms with Crippen molar-refractivity contribution in [2.75, 3.05) is 13.2 Å². The number of alkyl carbamates (subject to hydrolysis) is 1. The van der Waals surface area contributed by atoms with Gasteiger partial charge in [-0.25, -0.2) is 4.79 Å². The van der Waals surface area contributed by atoms with Crippen LogP contribution in [0.5, 0.6) is 17.2 Å². The first-order chi connectivity index (χ1) is 11.5. The average molecular weight is 350 g/mol. The summed E-state index contributed by atoms with van der Waals surface area (Å²) in [6.45, 7) is 4.18. The predicted molar refractivity (Wildman–Crippen MR) is 93.1 cm³/mol. The summed E-state index contributed by atoms with van der Waals surface area (Å²) in [6, 6.07) is 14.6. The smallest absolute Gasteiger partial charge is 0.407 e. The molecule has 6 heteroatoms. The van der Waals surface area contributed by atoms with E-state index in [-0.39, 0.29) is 12.7 Å². The highest BCUT2D eigenvalue weighted by molar-refractivity contribution is 6.32. The Balaban J connectivity index is 1.81. The lowest BCUT2D eigenvalue weighted by Crippen LogP contribution is -2.30. The van der Waals surface area contributed by atoms with Gasteiger partial charge in [-0.3, -0.25) is 0 Å². The predicted octanol–water partition coefficient (Wildman–Crippen LogP) is 4.65. The molecular weight excluding hydrogens is 330 g/mol. The molecule has 1 amide bonds. The number of amides is 1. The number of hydrogen-bond donors (Lipinski definition) is 1. The molecule has 0 aliphatic heterocycles. The lowest BCUT2D eigenvalue weighted by Gasteiger charge is -2.12. The Hall–Kier alpha value is -2.40. The van der Waals surface area contributed by atoms with Crippen LogP contribution in [0, 0.1) is 0 Å². The van der Waals surface area contributed by atoms with Gasteiger partial charge in [0.2, 0.25) is 0 Å². The van der Waals surface area contributed by atoms with E-state index in [4.69, 9.17) is 25.8 Å². The first-order valence-electron chi connectivity index (χ1n) is 7.64. The van der Waals surface area contributed by atoms with Gasteiger partial charge in [0.15, 0.2) is 0 Å². The van der Waals surface area contributed by atoms with Gasteiger partial charge in [0, 0.05) is 6.07 Å². The first-order valence-corrected chi connectivity index (χ1v) is 8.02. The summed E-state index contributed by atoms with van der Waals surface area (Å²) in [5.41, 5.74) is 0. The summed E-state index contributed by atoms with van der Waals surface area (Å²) in [5.74, 6) is 1.88. The number of halogens is 1. The minimum absolute atomic E-state index is 0.155. The van der Waals surface area contributed by atoms with E-state index < -0.39 is 6.09 Å². The Bertz CT molecular complexity index is 661. The molecule has 0 aliphatic rings. The van der Waals surface area contributed by atoms with E-state index in [1.165, 1.54) is 0 Å². The molecule has 0 fully saturated rings. The van der Waals surface area contributed by atoms with E-state index in [2.05, 4.69) is 5.32 Å². The molecule has 2 rings (SSSR count). The van der Waals surface area contributed by atoms with Gasteiger partial charge in [0.25, 0.3) is 0 Å². The van der Waals surface area contributed by atoms with E-state index >= 15 is 0 Å². The van der Waals surface area contributed by atoms with Gasteiger partial charge in [-0.05, 0) is 38.1 Å². The molecule has 0 spiro atoms.